The summed E-state index contributed by atoms with van der Waals surface area (Å²) in [6, 6.07) is 11.8. The highest BCUT2D eigenvalue weighted by Crippen LogP contribution is 2.31. The molecule has 0 bridgehead atoms. The van der Waals surface area contributed by atoms with Crippen LogP contribution in [0.5, 0.6) is 5.75 Å². The highest BCUT2D eigenvalue weighted by atomic mass is 16.5. The fourth-order valence-corrected chi connectivity index (χ4v) is 3.42. The van der Waals surface area contributed by atoms with Gasteiger partial charge in [0.15, 0.2) is 0 Å². The van der Waals surface area contributed by atoms with E-state index in [0.29, 0.717) is 31.8 Å². The molecule has 0 saturated heterocycles. The van der Waals surface area contributed by atoms with Crippen molar-refractivity contribution in [2.45, 2.75) is 38.0 Å². The lowest BCUT2D eigenvalue weighted by molar-refractivity contribution is 0.0186. The molecule has 1 aromatic heterocycles. The summed E-state index contributed by atoms with van der Waals surface area (Å²) >= 11 is 0. The van der Waals surface area contributed by atoms with Gasteiger partial charge in [-0.05, 0) is 24.6 Å². The van der Waals surface area contributed by atoms with Crippen LogP contribution < -0.4 is 4.74 Å². The SMILES string of the molecule is C=CCC(O)(CC=C)c1ccc(CN(CCCOC)Cc2ccccc2OC)o1. The number of hydrogen-bond acceptors (Lipinski definition) is 5. The van der Waals surface area contributed by atoms with Gasteiger partial charge in [0, 0.05) is 45.2 Å². The Morgan fingerprint density at radius 3 is 2.45 bits per heavy atom. The molecule has 0 unspecified atom stereocenters. The summed E-state index contributed by atoms with van der Waals surface area (Å²) in [5.74, 6) is 2.22. The minimum atomic E-state index is -1.11. The van der Waals surface area contributed by atoms with Crippen molar-refractivity contribution in [3.05, 3.63) is 78.8 Å². The van der Waals surface area contributed by atoms with Gasteiger partial charge < -0.3 is 19.0 Å². The first-order chi connectivity index (χ1) is 14.1. The Hall–Kier alpha value is -2.34. The fraction of sp³-hybridized carbons (Fsp3) is 0.417. The number of furan rings is 1. The Morgan fingerprint density at radius 1 is 1.07 bits per heavy atom. The number of para-hydroxylation sites is 1. The van der Waals surface area contributed by atoms with Gasteiger partial charge in [-0.3, -0.25) is 4.90 Å². The quantitative estimate of drug-likeness (QED) is 0.370. The van der Waals surface area contributed by atoms with Crippen LogP contribution in [0, 0.1) is 0 Å². The van der Waals surface area contributed by atoms with E-state index in [0.717, 1.165) is 36.6 Å². The van der Waals surface area contributed by atoms with Gasteiger partial charge in [-0.15, -0.1) is 13.2 Å². The summed E-state index contributed by atoms with van der Waals surface area (Å²) in [6.45, 7) is 10.4. The van der Waals surface area contributed by atoms with Crippen LogP contribution in [0.3, 0.4) is 0 Å². The van der Waals surface area contributed by atoms with Crippen molar-refractivity contribution >= 4 is 0 Å². The number of nitrogens with zero attached hydrogens (tertiary/aromatic N) is 1. The van der Waals surface area contributed by atoms with Gasteiger partial charge in [0.1, 0.15) is 22.9 Å². The maximum atomic E-state index is 10.9. The van der Waals surface area contributed by atoms with Crippen LogP contribution in [0.4, 0.5) is 0 Å². The molecule has 5 nitrogen and oxygen atoms in total. The first-order valence-electron chi connectivity index (χ1n) is 9.93. The minimum absolute atomic E-state index is 0.407. The molecule has 0 fully saturated rings. The third kappa shape index (κ3) is 6.60. The van der Waals surface area contributed by atoms with Crippen molar-refractivity contribution in [2.24, 2.45) is 0 Å². The van der Waals surface area contributed by atoms with E-state index in [1.54, 1.807) is 26.4 Å². The molecule has 0 aliphatic heterocycles. The van der Waals surface area contributed by atoms with E-state index < -0.39 is 5.60 Å². The molecule has 0 saturated carbocycles. The lowest BCUT2D eigenvalue weighted by Crippen LogP contribution is -2.25. The normalized spacial score (nSPS) is 11.6. The molecule has 0 radical (unpaired) electrons. The maximum absolute atomic E-state index is 10.9. The Labute approximate surface area is 174 Å². The van der Waals surface area contributed by atoms with Crippen LogP contribution in [0.25, 0.3) is 0 Å². The van der Waals surface area contributed by atoms with E-state index in [1.165, 1.54) is 0 Å². The molecule has 2 aromatic rings. The van der Waals surface area contributed by atoms with Gasteiger partial charge in [-0.25, -0.2) is 0 Å². The molecule has 1 aromatic carbocycles. The average Bonchev–Trinajstić information content (AvgIpc) is 3.18. The largest absolute Gasteiger partial charge is 0.496 e. The third-order valence-electron chi connectivity index (χ3n) is 4.87. The van der Waals surface area contributed by atoms with Crippen LogP contribution >= 0.6 is 0 Å². The number of hydrogen-bond donors (Lipinski definition) is 1. The Bertz CT molecular complexity index is 758. The Balaban J connectivity index is 2.17. The second-order valence-corrected chi connectivity index (χ2v) is 7.15. The van der Waals surface area contributed by atoms with Crippen molar-refractivity contribution in [1.82, 2.24) is 4.90 Å². The summed E-state index contributed by atoms with van der Waals surface area (Å²) in [6.07, 6.45) is 5.13. The molecular formula is C24H33NO4. The fourth-order valence-electron chi connectivity index (χ4n) is 3.42. The van der Waals surface area contributed by atoms with Crippen LogP contribution in [-0.4, -0.2) is 37.4 Å². The van der Waals surface area contributed by atoms with Gasteiger partial charge >= 0.3 is 0 Å². The molecule has 0 spiro atoms. The summed E-state index contributed by atoms with van der Waals surface area (Å²) in [4.78, 5) is 2.29. The van der Waals surface area contributed by atoms with E-state index in [4.69, 9.17) is 13.9 Å². The highest BCUT2D eigenvalue weighted by Gasteiger charge is 2.30. The number of rotatable bonds is 14. The predicted octanol–water partition coefficient (Wildman–Crippen LogP) is 4.67. The first-order valence-corrected chi connectivity index (χ1v) is 9.93. The molecular weight excluding hydrogens is 366 g/mol. The molecule has 158 valence electrons. The lowest BCUT2D eigenvalue weighted by Gasteiger charge is -2.24. The minimum Gasteiger partial charge on any atom is -0.496 e. The molecule has 2 rings (SSSR count). The topological polar surface area (TPSA) is 55.1 Å². The number of aliphatic hydroxyl groups is 1. The molecule has 0 aliphatic rings. The van der Waals surface area contributed by atoms with Crippen molar-refractivity contribution in [1.29, 1.82) is 0 Å². The zero-order valence-electron chi connectivity index (χ0n) is 17.6. The van der Waals surface area contributed by atoms with E-state index in [9.17, 15) is 5.11 Å². The summed E-state index contributed by atoms with van der Waals surface area (Å²) in [7, 11) is 3.40. The standard InChI is InChI=1S/C24H33NO4/c1-5-14-24(26,15-6-2)23-13-12-21(29-23)19-25(16-9-17-27-3)18-20-10-7-8-11-22(20)28-4/h5-8,10-13,26H,1-2,9,14-19H2,3-4H3. The van der Waals surface area contributed by atoms with E-state index in [2.05, 4.69) is 24.1 Å². The summed E-state index contributed by atoms with van der Waals surface area (Å²) in [5.41, 5.74) is 0.0136. The molecule has 0 amide bonds. The Kier molecular flexibility index (Phi) is 9.19. The molecule has 29 heavy (non-hydrogen) atoms. The van der Waals surface area contributed by atoms with Gasteiger partial charge in [0.25, 0.3) is 0 Å². The van der Waals surface area contributed by atoms with Gasteiger partial charge in [0.2, 0.25) is 0 Å². The van der Waals surface area contributed by atoms with Crippen LogP contribution in [0.2, 0.25) is 0 Å². The predicted molar refractivity (Wildman–Crippen MR) is 116 cm³/mol. The van der Waals surface area contributed by atoms with E-state index in [1.807, 2.05) is 30.3 Å². The second-order valence-electron chi connectivity index (χ2n) is 7.15. The second kappa shape index (κ2) is 11.6. The summed E-state index contributed by atoms with van der Waals surface area (Å²) < 4.78 is 16.7. The van der Waals surface area contributed by atoms with Gasteiger partial charge in [-0.1, -0.05) is 30.4 Å². The van der Waals surface area contributed by atoms with Crippen molar-refractivity contribution < 1.29 is 19.0 Å². The smallest absolute Gasteiger partial charge is 0.136 e. The van der Waals surface area contributed by atoms with Crippen molar-refractivity contribution in [3.63, 3.8) is 0 Å². The van der Waals surface area contributed by atoms with Crippen molar-refractivity contribution in [2.75, 3.05) is 27.4 Å². The van der Waals surface area contributed by atoms with Crippen LogP contribution in [0.15, 0.2) is 66.1 Å². The molecule has 0 atom stereocenters. The van der Waals surface area contributed by atoms with Gasteiger partial charge in [0.05, 0.1) is 13.7 Å². The zero-order chi connectivity index (χ0) is 21.1. The van der Waals surface area contributed by atoms with Gasteiger partial charge in [-0.2, -0.15) is 0 Å². The first kappa shape index (κ1) is 22.9. The molecule has 1 N–H and O–H groups in total. The third-order valence-corrected chi connectivity index (χ3v) is 4.87. The summed E-state index contributed by atoms with van der Waals surface area (Å²) in [5, 5.41) is 10.9. The molecule has 0 aliphatic carbocycles. The maximum Gasteiger partial charge on any atom is 0.136 e. The van der Waals surface area contributed by atoms with Crippen LogP contribution in [0.1, 0.15) is 36.3 Å². The molecule has 5 heteroatoms. The van der Waals surface area contributed by atoms with E-state index in [-0.39, 0.29) is 0 Å². The number of methoxy groups -OCH3 is 2. The average molecular weight is 400 g/mol. The Morgan fingerprint density at radius 2 is 1.79 bits per heavy atom. The number of benzene rings is 1. The number of ether oxygens (including phenoxy) is 2. The van der Waals surface area contributed by atoms with Crippen LogP contribution in [-0.2, 0) is 23.4 Å². The molecule has 1 heterocycles. The highest BCUT2D eigenvalue weighted by molar-refractivity contribution is 5.33. The lowest BCUT2D eigenvalue weighted by atomic mass is 9.93. The zero-order valence-corrected chi connectivity index (χ0v) is 17.6. The van der Waals surface area contributed by atoms with Crippen molar-refractivity contribution in [3.8, 4) is 5.75 Å². The monoisotopic (exact) mass is 399 g/mol. The van der Waals surface area contributed by atoms with E-state index >= 15 is 0 Å².